The average molecular weight is 1010 g/mol. The number of ether oxygens (including phenoxy) is 3. The van der Waals surface area contributed by atoms with E-state index in [9.17, 15) is 28.9 Å². The van der Waals surface area contributed by atoms with Crippen LogP contribution in [0.5, 0.6) is 0 Å². The molecule has 0 saturated carbocycles. The summed E-state index contributed by atoms with van der Waals surface area (Å²) in [5.41, 5.74) is 0. The van der Waals surface area contributed by atoms with Crippen molar-refractivity contribution in [1.82, 2.24) is 0 Å². The molecule has 2 N–H and O–H groups in total. The van der Waals surface area contributed by atoms with Gasteiger partial charge >= 0.3 is 25.7 Å². The molecule has 0 aromatic rings. The molecule has 0 aromatic carbocycles. The van der Waals surface area contributed by atoms with Crippen molar-refractivity contribution < 1.29 is 52.2 Å². The third kappa shape index (κ3) is 50.4. The van der Waals surface area contributed by atoms with E-state index in [0.717, 1.165) is 109 Å². The first-order valence-electron chi connectivity index (χ1n) is 28.5. The Kier molecular flexibility index (Phi) is 50.8. The first-order chi connectivity index (χ1) is 34.2. The van der Waals surface area contributed by atoms with E-state index in [-0.39, 0.29) is 25.9 Å². The lowest BCUT2D eigenvalue weighted by Crippen LogP contribution is -2.30. The molecule has 0 aromatic heterocycles. The van der Waals surface area contributed by atoms with Crippen LogP contribution in [0.2, 0.25) is 0 Å². The molecule has 0 aliphatic rings. The Morgan fingerprint density at radius 1 is 0.400 bits per heavy atom. The fourth-order valence-electron chi connectivity index (χ4n) is 7.81. The molecule has 408 valence electrons. The van der Waals surface area contributed by atoms with Crippen LogP contribution in [-0.4, -0.2) is 66.5 Å². The Morgan fingerprint density at radius 3 is 1.16 bits per heavy atom. The smallest absolute Gasteiger partial charge is 0.462 e. The fourth-order valence-corrected chi connectivity index (χ4v) is 8.60. The van der Waals surface area contributed by atoms with Gasteiger partial charge in [-0.25, -0.2) is 4.57 Å². The highest BCUT2D eigenvalue weighted by Gasteiger charge is 2.28. The van der Waals surface area contributed by atoms with E-state index in [1.165, 1.54) is 96.3 Å². The van der Waals surface area contributed by atoms with Gasteiger partial charge in [0.1, 0.15) is 12.7 Å². The van der Waals surface area contributed by atoms with Gasteiger partial charge < -0.3 is 24.2 Å². The quantitative estimate of drug-likeness (QED) is 0.0197. The number of carbonyl (C=O) groups excluding carboxylic acids is 3. The molecule has 12 heteroatoms. The van der Waals surface area contributed by atoms with Crippen LogP contribution in [0, 0.1) is 0 Å². The minimum absolute atomic E-state index is 0.153. The minimum atomic E-state index is -4.75. The van der Waals surface area contributed by atoms with E-state index in [1.54, 1.807) is 0 Å². The number of phosphoric acid groups is 1. The van der Waals surface area contributed by atoms with Gasteiger partial charge in [-0.05, 0) is 77.0 Å². The van der Waals surface area contributed by atoms with Crippen LogP contribution in [0.4, 0.5) is 0 Å². The molecular weight excluding hydrogens is 904 g/mol. The maximum Gasteiger partial charge on any atom is 0.472 e. The van der Waals surface area contributed by atoms with Crippen molar-refractivity contribution in [3.8, 4) is 0 Å². The summed E-state index contributed by atoms with van der Waals surface area (Å²) >= 11 is 0. The van der Waals surface area contributed by atoms with Gasteiger partial charge in [-0.15, -0.1) is 0 Å². The molecule has 0 heterocycles. The second kappa shape index (κ2) is 52.8. The van der Waals surface area contributed by atoms with Crippen LogP contribution in [0.1, 0.15) is 265 Å². The lowest BCUT2D eigenvalue weighted by molar-refractivity contribution is -0.161. The molecule has 0 aliphatic heterocycles. The van der Waals surface area contributed by atoms with Gasteiger partial charge in [-0.1, -0.05) is 217 Å². The second-order valence-corrected chi connectivity index (χ2v) is 20.6. The molecule has 3 atom stereocenters. The SMILES string of the molecule is CCCC/C=C\CCCCCCCC(=O)OCC(COP(=O)(O)OCC(CO)OC(=O)CCCCCCCCCCCCCCC)OC(=O)CCCCCCCC/C=C\C/C=C\C/C=C\CCCCC. The van der Waals surface area contributed by atoms with Gasteiger partial charge in [0.15, 0.2) is 6.10 Å². The highest BCUT2D eigenvalue weighted by atomic mass is 31.2. The van der Waals surface area contributed by atoms with Gasteiger partial charge in [0, 0.05) is 19.3 Å². The molecule has 0 fully saturated rings. The van der Waals surface area contributed by atoms with Gasteiger partial charge in [0.25, 0.3) is 0 Å². The summed E-state index contributed by atoms with van der Waals surface area (Å²) in [6, 6.07) is 0. The maximum absolute atomic E-state index is 12.9. The Balaban J connectivity index is 4.71. The van der Waals surface area contributed by atoms with Crippen LogP contribution >= 0.6 is 7.82 Å². The molecular formula is C58H105O11P. The summed E-state index contributed by atoms with van der Waals surface area (Å²) in [5, 5.41) is 9.80. The summed E-state index contributed by atoms with van der Waals surface area (Å²) in [4.78, 5) is 48.4. The van der Waals surface area contributed by atoms with Crippen molar-refractivity contribution >= 4 is 25.7 Å². The van der Waals surface area contributed by atoms with Gasteiger partial charge in [0.2, 0.25) is 0 Å². The number of carbonyl (C=O) groups is 3. The topological polar surface area (TPSA) is 155 Å². The highest BCUT2D eigenvalue weighted by Crippen LogP contribution is 2.43. The van der Waals surface area contributed by atoms with E-state index in [4.69, 9.17) is 23.3 Å². The number of unbranched alkanes of at least 4 members (excludes halogenated alkanes) is 28. The highest BCUT2D eigenvalue weighted by molar-refractivity contribution is 7.47. The zero-order chi connectivity index (χ0) is 51.3. The van der Waals surface area contributed by atoms with Gasteiger partial charge in [0.05, 0.1) is 19.8 Å². The molecule has 3 unspecified atom stereocenters. The number of phosphoric ester groups is 1. The zero-order valence-electron chi connectivity index (χ0n) is 45.0. The van der Waals surface area contributed by atoms with E-state index >= 15 is 0 Å². The predicted molar refractivity (Wildman–Crippen MR) is 289 cm³/mol. The molecule has 0 saturated heterocycles. The number of aliphatic hydroxyl groups excluding tert-OH is 1. The van der Waals surface area contributed by atoms with Crippen LogP contribution < -0.4 is 0 Å². The summed E-state index contributed by atoms with van der Waals surface area (Å²) < 4.78 is 39.4. The third-order valence-corrected chi connectivity index (χ3v) is 13.2. The number of aliphatic hydroxyl groups is 1. The summed E-state index contributed by atoms with van der Waals surface area (Å²) in [5.74, 6) is -1.48. The van der Waals surface area contributed by atoms with E-state index < -0.39 is 57.8 Å². The van der Waals surface area contributed by atoms with Crippen molar-refractivity contribution in [2.45, 2.75) is 277 Å². The van der Waals surface area contributed by atoms with E-state index in [2.05, 4.69) is 69.4 Å². The molecule has 0 rings (SSSR count). The third-order valence-electron chi connectivity index (χ3n) is 12.2. The standard InChI is InChI=1S/C58H105O11P/c1-4-7-10-13-16-19-22-24-25-26-27-28-29-31-34-37-40-43-46-49-58(62)69-55(51-65-56(60)47-44-41-38-35-32-21-18-15-12-9-6-3)53-67-70(63,64)66-52-54(50-59)68-57(61)48-45-42-39-36-33-30-23-20-17-14-11-8-5-2/h15-16,18-19,24-25,27-28,54-55,59H,4-14,17,20-23,26,29-53H2,1-3H3,(H,63,64)/b18-15-,19-16-,25-24-,28-27-. The number of rotatable bonds is 53. The minimum Gasteiger partial charge on any atom is -0.462 e. The second-order valence-electron chi connectivity index (χ2n) is 19.1. The van der Waals surface area contributed by atoms with E-state index in [0.29, 0.717) is 19.3 Å². The predicted octanol–water partition coefficient (Wildman–Crippen LogP) is 16.6. The molecule has 11 nitrogen and oxygen atoms in total. The van der Waals surface area contributed by atoms with Gasteiger partial charge in [-0.2, -0.15) is 0 Å². The first kappa shape index (κ1) is 67.4. The fraction of sp³-hybridized carbons (Fsp3) is 0.810. The lowest BCUT2D eigenvalue weighted by Gasteiger charge is -2.21. The molecule has 0 aliphatic carbocycles. The summed E-state index contributed by atoms with van der Waals surface area (Å²) in [6.45, 7) is 4.57. The van der Waals surface area contributed by atoms with Crippen LogP contribution in [-0.2, 0) is 42.2 Å². The molecule has 0 bridgehead atoms. The zero-order valence-corrected chi connectivity index (χ0v) is 45.9. The van der Waals surface area contributed by atoms with E-state index in [1.807, 2.05) is 0 Å². The lowest BCUT2D eigenvalue weighted by atomic mass is 10.0. The first-order valence-corrected chi connectivity index (χ1v) is 30.0. The molecule has 0 radical (unpaired) electrons. The number of hydrogen-bond acceptors (Lipinski definition) is 10. The van der Waals surface area contributed by atoms with Crippen molar-refractivity contribution in [3.63, 3.8) is 0 Å². The number of esters is 3. The van der Waals surface area contributed by atoms with Crippen molar-refractivity contribution in [3.05, 3.63) is 48.6 Å². The Bertz CT molecular complexity index is 1360. The normalized spacial score (nSPS) is 13.7. The maximum atomic E-state index is 12.9. The Hall–Kier alpha value is -2.56. The van der Waals surface area contributed by atoms with Gasteiger partial charge in [-0.3, -0.25) is 23.4 Å². The number of hydrogen-bond donors (Lipinski definition) is 2. The molecule has 70 heavy (non-hydrogen) atoms. The van der Waals surface area contributed by atoms with Crippen molar-refractivity contribution in [2.24, 2.45) is 0 Å². The van der Waals surface area contributed by atoms with Crippen molar-refractivity contribution in [1.29, 1.82) is 0 Å². The monoisotopic (exact) mass is 1010 g/mol. The van der Waals surface area contributed by atoms with Crippen LogP contribution in [0.25, 0.3) is 0 Å². The largest absolute Gasteiger partial charge is 0.472 e. The number of allylic oxidation sites excluding steroid dienone is 8. The van der Waals surface area contributed by atoms with Crippen molar-refractivity contribution in [2.75, 3.05) is 26.4 Å². The summed E-state index contributed by atoms with van der Waals surface area (Å²) in [6.07, 6.45) is 55.0. The summed E-state index contributed by atoms with van der Waals surface area (Å²) in [7, 11) is -4.75. The average Bonchev–Trinajstić information content (AvgIpc) is 3.35. The van der Waals surface area contributed by atoms with Crippen LogP contribution in [0.15, 0.2) is 48.6 Å². The Morgan fingerprint density at radius 2 is 0.714 bits per heavy atom. The Labute approximate surface area is 428 Å². The van der Waals surface area contributed by atoms with Crippen LogP contribution in [0.3, 0.4) is 0 Å². The molecule has 0 spiro atoms. The molecule has 0 amide bonds.